The smallest absolute Gasteiger partial charge is 0.215 e. The fourth-order valence-corrected chi connectivity index (χ4v) is 1.24. The lowest BCUT2D eigenvalue weighted by atomic mass is 10.1. The molecule has 2 aromatic rings. The molecule has 1 heterocycles. The minimum absolute atomic E-state index is 0.00630. The molecule has 0 spiro atoms. The predicted octanol–water partition coefficient (Wildman–Crippen LogP) is 2.47. The van der Waals surface area contributed by atoms with Crippen LogP contribution < -0.4 is 0 Å². The third-order valence-corrected chi connectivity index (χ3v) is 1.90. The lowest BCUT2D eigenvalue weighted by Crippen LogP contribution is -1.93. The van der Waals surface area contributed by atoms with E-state index < -0.39 is 11.6 Å². The molecule has 3 nitrogen and oxygen atoms in total. The normalized spacial score (nSPS) is 10.3. The number of hydrogen-bond acceptors (Lipinski definition) is 3. The molecule has 0 aliphatic rings. The van der Waals surface area contributed by atoms with Crippen LogP contribution in [-0.2, 0) is 0 Å². The number of nitrogens with zero attached hydrogens (tertiary/aromatic N) is 3. The van der Waals surface area contributed by atoms with Crippen molar-refractivity contribution in [2.75, 3.05) is 0 Å². The third-order valence-electron chi connectivity index (χ3n) is 1.74. The Hall–Kier alpha value is -1.62. The Kier molecular flexibility index (Phi) is 2.55. The third kappa shape index (κ3) is 2.07. The van der Waals surface area contributed by atoms with Gasteiger partial charge in [0.2, 0.25) is 5.28 Å². The van der Waals surface area contributed by atoms with Crippen LogP contribution in [-0.4, -0.2) is 15.2 Å². The molecule has 1 aromatic carbocycles. The van der Waals surface area contributed by atoms with E-state index in [1.807, 2.05) is 0 Å². The summed E-state index contributed by atoms with van der Waals surface area (Å²) in [4.78, 5) is 3.73. The van der Waals surface area contributed by atoms with Crippen LogP contribution in [0.3, 0.4) is 0 Å². The highest BCUT2D eigenvalue weighted by Crippen LogP contribution is 2.21. The van der Waals surface area contributed by atoms with E-state index in [1.165, 1.54) is 6.20 Å². The SMILES string of the molecule is Fc1ccc(F)c(-c2cnnc(Cl)n2)c1. The van der Waals surface area contributed by atoms with E-state index in [2.05, 4.69) is 15.2 Å². The molecule has 6 heteroatoms. The molecule has 0 fully saturated rings. The second kappa shape index (κ2) is 3.86. The predicted molar refractivity (Wildman–Crippen MR) is 50.2 cm³/mol. The van der Waals surface area contributed by atoms with Crippen LogP contribution in [0.1, 0.15) is 0 Å². The summed E-state index contributed by atoms with van der Waals surface area (Å²) in [7, 11) is 0. The first-order valence-corrected chi connectivity index (χ1v) is 4.35. The van der Waals surface area contributed by atoms with Crippen LogP contribution in [0.4, 0.5) is 8.78 Å². The van der Waals surface area contributed by atoms with Gasteiger partial charge in [-0.2, -0.15) is 5.10 Å². The van der Waals surface area contributed by atoms with E-state index >= 15 is 0 Å². The van der Waals surface area contributed by atoms with Crippen molar-refractivity contribution in [2.45, 2.75) is 0 Å². The highest BCUT2D eigenvalue weighted by molar-refractivity contribution is 6.28. The van der Waals surface area contributed by atoms with Gasteiger partial charge in [0.05, 0.1) is 11.9 Å². The van der Waals surface area contributed by atoms with Gasteiger partial charge in [-0.15, -0.1) is 5.10 Å². The zero-order valence-electron chi connectivity index (χ0n) is 7.28. The highest BCUT2D eigenvalue weighted by Gasteiger charge is 2.09. The molecule has 0 bridgehead atoms. The molecular formula is C9H4ClF2N3. The van der Waals surface area contributed by atoms with Crippen molar-refractivity contribution in [1.82, 2.24) is 15.2 Å². The zero-order valence-corrected chi connectivity index (χ0v) is 8.04. The van der Waals surface area contributed by atoms with Crippen molar-refractivity contribution in [2.24, 2.45) is 0 Å². The second-order valence-electron chi connectivity index (χ2n) is 2.73. The summed E-state index contributed by atoms with van der Waals surface area (Å²) in [6.45, 7) is 0. The number of halogens is 3. The van der Waals surface area contributed by atoms with Gasteiger partial charge in [-0.3, -0.25) is 0 Å². The van der Waals surface area contributed by atoms with Crippen LogP contribution in [0.5, 0.6) is 0 Å². The standard InChI is InChI=1S/C9H4ClF2N3/c10-9-14-8(4-13-15-9)6-3-5(11)1-2-7(6)12/h1-4H. The van der Waals surface area contributed by atoms with E-state index in [4.69, 9.17) is 11.6 Å². The largest absolute Gasteiger partial charge is 0.243 e. The van der Waals surface area contributed by atoms with E-state index in [0.717, 1.165) is 18.2 Å². The molecule has 0 unspecified atom stereocenters. The van der Waals surface area contributed by atoms with Crippen LogP contribution in [0, 0.1) is 11.6 Å². The maximum atomic E-state index is 13.3. The Labute approximate surface area is 88.8 Å². The lowest BCUT2D eigenvalue weighted by molar-refractivity contribution is 0.602. The molecule has 1 aromatic heterocycles. The molecule has 2 rings (SSSR count). The minimum Gasteiger partial charge on any atom is -0.215 e. The summed E-state index contributed by atoms with van der Waals surface area (Å²) in [5.74, 6) is -1.14. The first-order valence-electron chi connectivity index (χ1n) is 3.97. The van der Waals surface area contributed by atoms with Crippen molar-refractivity contribution < 1.29 is 8.78 Å². The van der Waals surface area contributed by atoms with Crippen molar-refractivity contribution in [3.63, 3.8) is 0 Å². The Balaban J connectivity index is 2.58. The molecular weight excluding hydrogens is 224 g/mol. The first-order chi connectivity index (χ1) is 7.16. The van der Waals surface area contributed by atoms with Gasteiger partial charge in [0.1, 0.15) is 11.6 Å². The molecule has 76 valence electrons. The van der Waals surface area contributed by atoms with E-state index in [9.17, 15) is 8.78 Å². The van der Waals surface area contributed by atoms with Crippen molar-refractivity contribution >= 4 is 11.6 Å². The van der Waals surface area contributed by atoms with Crippen LogP contribution >= 0.6 is 11.6 Å². The summed E-state index contributed by atoms with van der Waals surface area (Å²) in [5, 5.41) is 6.79. The van der Waals surface area contributed by atoms with Crippen LogP contribution in [0.15, 0.2) is 24.4 Å². The molecule has 0 aliphatic carbocycles. The summed E-state index contributed by atoms with van der Waals surface area (Å²) in [5.41, 5.74) is 0.152. The van der Waals surface area contributed by atoms with Crippen molar-refractivity contribution in [1.29, 1.82) is 0 Å². The fourth-order valence-electron chi connectivity index (χ4n) is 1.11. The molecule has 0 saturated heterocycles. The molecule has 15 heavy (non-hydrogen) atoms. The van der Waals surface area contributed by atoms with Crippen LogP contribution in [0.25, 0.3) is 11.3 Å². The summed E-state index contributed by atoms with van der Waals surface area (Å²) in [6, 6.07) is 3.06. The maximum absolute atomic E-state index is 13.3. The van der Waals surface area contributed by atoms with E-state index in [0.29, 0.717) is 0 Å². The molecule has 0 amide bonds. The molecule has 0 saturated carbocycles. The number of rotatable bonds is 1. The molecule has 0 aliphatic heterocycles. The maximum Gasteiger partial charge on any atom is 0.243 e. The molecule has 0 N–H and O–H groups in total. The zero-order chi connectivity index (χ0) is 10.8. The second-order valence-corrected chi connectivity index (χ2v) is 3.07. The highest BCUT2D eigenvalue weighted by atomic mass is 35.5. The monoisotopic (exact) mass is 227 g/mol. The molecule has 0 atom stereocenters. The molecule has 0 radical (unpaired) electrons. The van der Waals surface area contributed by atoms with Gasteiger partial charge in [-0.1, -0.05) is 0 Å². The first kappa shape index (κ1) is 9.92. The average Bonchev–Trinajstić information content (AvgIpc) is 2.22. The average molecular weight is 228 g/mol. The number of hydrogen-bond donors (Lipinski definition) is 0. The Morgan fingerprint density at radius 2 is 2.00 bits per heavy atom. The fraction of sp³-hybridized carbons (Fsp3) is 0. The summed E-state index contributed by atoms with van der Waals surface area (Å²) >= 11 is 5.49. The Morgan fingerprint density at radius 1 is 1.20 bits per heavy atom. The lowest BCUT2D eigenvalue weighted by Gasteiger charge is -2.01. The van der Waals surface area contributed by atoms with Gasteiger partial charge in [0.15, 0.2) is 0 Å². The van der Waals surface area contributed by atoms with Crippen molar-refractivity contribution in [3.8, 4) is 11.3 Å². The van der Waals surface area contributed by atoms with E-state index in [-0.39, 0.29) is 16.5 Å². The van der Waals surface area contributed by atoms with Gasteiger partial charge in [-0.25, -0.2) is 13.8 Å². The van der Waals surface area contributed by atoms with Crippen molar-refractivity contribution in [3.05, 3.63) is 41.3 Å². The Morgan fingerprint density at radius 3 is 2.73 bits per heavy atom. The van der Waals surface area contributed by atoms with Gasteiger partial charge < -0.3 is 0 Å². The Bertz CT molecular complexity index is 504. The quantitative estimate of drug-likeness (QED) is 0.751. The van der Waals surface area contributed by atoms with Gasteiger partial charge in [0, 0.05) is 5.56 Å². The van der Waals surface area contributed by atoms with Crippen LogP contribution in [0.2, 0.25) is 5.28 Å². The number of benzene rings is 1. The van der Waals surface area contributed by atoms with Gasteiger partial charge in [-0.05, 0) is 29.8 Å². The summed E-state index contributed by atoms with van der Waals surface area (Å²) < 4.78 is 26.2. The van der Waals surface area contributed by atoms with Gasteiger partial charge in [0.25, 0.3) is 0 Å². The minimum atomic E-state index is -0.590. The van der Waals surface area contributed by atoms with E-state index in [1.54, 1.807) is 0 Å². The topological polar surface area (TPSA) is 38.7 Å². The number of aromatic nitrogens is 3. The summed E-state index contributed by atoms with van der Waals surface area (Å²) in [6.07, 6.45) is 1.21. The van der Waals surface area contributed by atoms with Gasteiger partial charge >= 0.3 is 0 Å².